The van der Waals surface area contributed by atoms with Crippen LogP contribution < -0.4 is 15.0 Å². The minimum atomic E-state index is -0.198. The molecule has 2 heterocycles. The van der Waals surface area contributed by atoms with E-state index in [1.165, 1.54) is 0 Å². The van der Waals surface area contributed by atoms with Crippen LogP contribution in [0, 0.1) is 13.8 Å². The lowest BCUT2D eigenvalue weighted by Crippen LogP contribution is -2.28. The normalized spacial score (nSPS) is 13.4. The summed E-state index contributed by atoms with van der Waals surface area (Å²) in [7, 11) is 0. The van der Waals surface area contributed by atoms with Crippen molar-refractivity contribution in [2.45, 2.75) is 39.8 Å². The molecule has 3 aromatic rings. The first-order valence-corrected chi connectivity index (χ1v) is 10.9. The van der Waals surface area contributed by atoms with Gasteiger partial charge in [-0.15, -0.1) is 0 Å². The van der Waals surface area contributed by atoms with Crippen molar-refractivity contribution in [1.82, 2.24) is 15.1 Å². The fraction of sp³-hybridized carbons (Fsp3) is 0.320. The molecule has 7 heteroatoms. The predicted molar refractivity (Wildman–Crippen MR) is 123 cm³/mol. The summed E-state index contributed by atoms with van der Waals surface area (Å²) in [5.41, 5.74) is 5.09. The first kappa shape index (κ1) is 21.6. The summed E-state index contributed by atoms with van der Waals surface area (Å²) in [4.78, 5) is 26.0. The molecule has 1 N–H and O–H groups in total. The fourth-order valence-electron chi connectivity index (χ4n) is 3.91. The Bertz CT molecular complexity index is 1120. The number of benzene rings is 2. The lowest BCUT2D eigenvalue weighted by molar-refractivity contribution is -0.123. The summed E-state index contributed by atoms with van der Waals surface area (Å²) in [6.07, 6.45) is 1.45. The van der Waals surface area contributed by atoms with Crippen molar-refractivity contribution in [2.24, 2.45) is 0 Å². The molecule has 1 aliphatic rings. The van der Waals surface area contributed by atoms with E-state index in [0.717, 1.165) is 41.2 Å². The number of rotatable bonds is 8. The van der Waals surface area contributed by atoms with Gasteiger partial charge in [0.25, 0.3) is 5.91 Å². The molecule has 0 atom stereocenters. The van der Waals surface area contributed by atoms with E-state index < -0.39 is 0 Å². The fourth-order valence-corrected chi connectivity index (χ4v) is 3.91. The molecule has 0 aliphatic carbocycles. The zero-order chi connectivity index (χ0) is 22.5. The van der Waals surface area contributed by atoms with Crippen molar-refractivity contribution in [3.8, 4) is 5.75 Å². The van der Waals surface area contributed by atoms with Gasteiger partial charge in [0.2, 0.25) is 5.91 Å². The maximum absolute atomic E-state index is 12.3. The minimum absolute atomic E-state index is 0.0805. The van der Waals surface area contributed by atoms with E-state index >= 15 is 0 Å². The Hall–Kier alpha value is -3.61. The van der Waals surface area contributed by atoms with Gasteiger partial charge >= 0.3 is 0 Å². The Morgan fingerprint density at radius 1 is 1.09 bits per heavy atom. The molecule has 4 rings (SSSR count). The van der Waals surface area contributed by atoms with Gasteiger partial charge in [0, 0.05) is 37.0 Å². The van der Waals surface area contributed by atoms with Gasteiger partial charge in [-0.25, -0.2) is 0 Å². The van der Waals surface area contributed by atoms with Crippen molar-refractivity contribution >= 4 is 17.5 Å². The topological polar surface area (TPSA) is 76.5 Å². The molecule has 0 bridgehead atoms. The lowest BCUT2D eigenvalue weighted by atomic mass is 10.1. The number of aryl methyl sites for hydroxylation is 2. The van der Waals surface area contributed by atoms with Gasteiger partial charge in [-0.1, -0.05) is 30.3 Å². The second-order valence-corrected chi connectivity index (χ2v) is 8.12. The summed E-state index contributed by atoms with van der Waals surface area (Å²) in [5, 5.41) is 7.41. The minimum Gasteiger partial charge on any atom is -0.484 e. The highest BCUT2D eigenvalue weighted by atomic mass is 16.5. The van der Waals surface area contributed by atoms with Gasteiger partial charge in [0.15, 0.2) is 6.61 Å². The van der Waals surface area contributed by atoms with E-state index in [0.29, 0.717) is 25.3 Å². The maximum atomic E-state index is 12.3. The van der Waals surface area contributed by atoms with Crippen LogP contribution in [0.1, 0.15) is 35.4 Å². The van der Waals surface area contributed by atoms with Gasteiger partial charge in [0.1, 0.15) is 5.75 Å². The monoisotopic (exact) mass is 432 g/mol. The lowest BCUT2D eigenvalue weighted by Gasteiger charge is -2.16. The Kier molecular flexibility index (Phi) is 6.54. The molecule has 166 valence electrons. The van der Waals surface area contributed by atoms with E-state index in [4.69, 9.17) is 4.74 Å². The highest BCUT2D eigenvalue weighted by Crippen LogP contribution is 2.25. The van der Waals surface area contributed by atoms with E-state index in [2.05, 4.69) is 28.6 Å². The van der Waals surface area contributed by atoms with Crippen molar-refractivity contribution in [1.29, 1.82) is 0 Å². The van der Waals surface area contributed by atoms with Crippen LogP contribution in [0.15, 0.2) is 54.6 Å². The standard InChI is InChI=1S/C25H28N4O3/c1-18-12-19(2)29(27-18)16-21-7-3-6-20(13-21)15-26-24(30)17-32-23-9-4-8-22(14-23)28-11-5-10-25(28)31/h3-4,6-9,12-14H,5,10-11,15-17H2,1-2H3,(H,26,30). The molecule has 0 saturated carbocycles. The van der Waals surface area contributed by atoms with Gasteiger partial charge in [0.05, 0.1) is 12.2 Å². The molecule has 0 radical (unpaired) electrons. The van der Waals surface area contributed by atoms with Crippen molar-refractivity contribution in [3.05, 3.63) is 77.1 Å². The highest BCUT2D eigenvalue weighted by Gasteiger charge is 2.21. The quantitative estimate of drug-likeness (QED) is 0.592. The van der Waals surface area contributed by atoms with Crippen LogP contribution in [0.4, 0.5) is 5.69 Å². The number of nitrogens with zero attached hydrogens (tertiary/aromatic N) is 3. The second-order valence-electron chi connectivity index (χ2n) is 8.12. The van der Waals surface area contributed by atoms with Gasteiger partial charge in [-0.3, -0.25) is 14.3 Å². The number of nitrogens with one attached hydrogen (secondary N) is 1. The van der Waals surface area contributed by atoms with Gasteiger partial charge in [-0.05, 0) is 49.6 Å². The SMILES string of the molecule is Cc1cc(C)n(Cc2cccc(CNC(=O)COc3cccc(N4CCCC4=O)c3)c2)n1. The van der Waals surface area contributed by atoms with Crippen LogP contribution in [0.25, 0.3) is 0 Å². The Balaban J connectivity index is 1.28. The summed E-state index contributed by atoms with van der Waals surface area (Å²) in [5.74, 6) is 0.501. The number of hydrogen-bond donors (Lipinski definition) is 1. The van der Waals surface area contributed by atoms with Crippen molar-refractivity contribution < 1.29 is 14.3 Å². The van der Waals surface area contributed by atoms with E-state index in [-0.39, 0.29) is 18.4 Å². The Morgan fingerprint density at radius 2 is 1.91 bits per heavy atom. The predicted octanol–water partition coefficient (Wildman–Crippen LogP) is 3.37. The molecule has 1 fully saturated rings. The maximum Gasteiger partial charge on any atom is 0.258 e. The second kappa shape index (κ2) is 9.68. The zero-order valence-corrected chi connectivity index (χ0v) is 18.5. The van der Waals surface area contributed by atoms with Crippen LogP contribution in [-0.4, -0.2) is 34.7 Å². The molecule has 1 aromatic heterocycles. The van der Waals surface area contributed by atoms with Crippen molar-refractivity contribution in [2.75, 3.05) is 18.1 Å². The molecule has 0 unspecified atom stereocenters. The molecular formula is C25H28N4O3. The molecule has 32 heavy (non-hydrogen) atoms. The average Bonchev–Trinajstić information content (AvgIpc) is 3.35. The molecule has 0 spiro atoms. The molecule has 2 aromatic carbocycles. The summed E-state index contributed by atoms with van der Waals surface area (Å²) < 4.78 is 7.63. The Morgan fingerprint density at radius 3 is 2.66 bits per heavy atom. The molecule has 7 nitrogen and oxygen atoms in total. The summed E-state index contributed by atoms with van der Waals surface area (Å²) in [6.45, 7) is 5.79. The third-order valence-electron chi connectivity index (χ3n) is 5.49. The molecular weight excluding hydrogens is 404 g/mol. The van der Waals surface area contributed by atoms with Crippen LogP contribution in [-0.2, 0) is 22.7 Å². The third-order valence-corrected chi connectivity index (χ3v) is 5.49. The number of carbonyl (C=O) groups excluding carboxylic acids is 2. The summed E-state index contributed by atoms with van der Waals surface area (Å²) in [6, 6.07) is 17.5. The van der Waals surface area contributed by atoms with Crippen LogP contribution in [0.5, 0.6) is 5.75 Å². The number of anilines is 1. The van der Waals surface area contributed by atoms with E-state index in [9.17, 15) is 9.59 Å². The first-order valence-electron chi connectivity index (χ1n) is 10.9. The zero-order valence-electron chi connectivity index (χ0n) is 18.5. The number of hydrogen-bond acceptors (Lipinski definition) is 4. The number of ether oxygens (including phenoxy) is 1. The van der Waals surface area contributed by atoms with Crippen LogP contribution >= 0.6 is 0 Å². The Labute approximate surface area is 188 Å². The molecule has 2 amide bonds. The van der Waals surface area contributed by atoms with Crippen LogP contribution in [0.3, 0.4) is 0 Å². The highest BCUT2D eigenvalue weighted by molar-refractivity contribution is 5.95. The van der Waals surface area contributed by atoms with Gasteiger partial charge in [-0.2, -0.15) is 5.10 Å². The average molecular weight is 433 g/mol. The summed E-state index contributed by atoms with van der Waals surface area (Å²) >= 11 is 0. The van der Waals surface area contributed by atoms with E-state index in [1.807, 2.05) is 42.8 Å². The van der Waals surface area contributed by atoms with Crippen molar-refractivity contribution in [3.63, 3.8) is 0 Å². The third kappa shape index (κ3) is 5.35. The largest absolute Gasteiger partial charge is 0.484 e. The molecule has 1 aliphatic heterocycles. The smallest absolute Gasteiger partial charge is 0.258 e. The number of amides is 2. The van der Waals surface area contributed by atoms with E-state index in [1.54, 1.807) is 17.0 Å². The number of carbonyl (C=O) groups is 2. The molecule has 1 saturated heterocycles. The van der Waals surface area contributed by atoms with Crippen LogP contribution in [0.2, 0.25) is 0 Å². The van der Waals surface area contributed by atoms with Gasteiger partial charge < -0.3 is 15.0 Å². The first-order chi connectivity index (χ1) is 15.5. The number of aromatic nitrogens is 2.